The highest BCUT2D eigenvalue weighted by Gasteiger charge is 2.21. The Labute approximate surface area is 161 Å². The lowest BCUT2D eigenvalue weighted by molar-refractivity contribution is -0.890. The molecule has 0 heterocycles. The van der Waals surface area contributed by atoms with Crippen molar-refractivity contribution in [2.75, 3.05) is 34.9 Å². The van der Waals surface area contributed by atoms with Crippen LogP contribution in [0.15, 0.2) is 48.5 Å². The van der Waals surface area contributed by atoms with Gasteiger partial charge in [-0.25, -0.2) is 0 Å². The van der Waals surface area contributed by atoms with E-state index < -0.39 is 0 Å². The largest absolute Gasteiger partial charge is 0.497 e. The third-order valence-electron chi connectivity index (χ3n) is 4.29. The van der Waals surface area contributed by atoms with Crippen molar-refractivity contribution < 1.29 is 14.4 Å². The third-order valence-corrected chi connectivity index (χ3v) is 4.58. The van der Waals surface area contributed by atoms with E-state index in [0.29, 0.717) is 11.7 Å². The highest BCUT2D eigenvalue weighted by atomic mass is 32.1. The van der Waals surface area contributed by atoms with Crippen LogP contribution in [0.3, 0.4) is 0 Å². The van der Waals surface area contributed by atoms with Crippen LogP contribution in [-0.2, 0) is 6.54 Å². The van der Waals surface area contributed by atoms with Crippen molar-refractivity contribution in [3.05, 3.63) is 59.7 Å². The summed E-state index contributed by atoms with van der Waals surface area (Å²) in [7, 11) is 7.63. The Bertz CT molecular complexity index is 704. The lowest BCUT2D eigenvalue weighted by Gasteiger charge is -2.24. The predicted molar refractivity (Wildman–Crippen MR) is 109 cm³/mol. The van der Waals surface area contributed by atoms with Gasteiger partial charge in [-0.2, -0.15) is 0 Å². The zero-order chi connectivity index (χ0) is 18.9. The molecule has 0 unspecified atom stereocenters. The molecule has 0 aliphatic rings. The second kappa shape index (κ2) is 9.99. The molecule has 2 rings (SSSR count). The summed E-state index contributed by atoms with van der Waals surface area (Å²) >= 11 is 5.43. The van der Waals surface area contributed by atoms with E-state index in [-0.39, 0.29) is 6.04 Å². The molecule has 0 saturated heterocycles. The van der Waals surface area contributed by atoms with Crippen LogP contribution in [0.25, 0.3) is 0 Å². The van der Waals surface area contributed by atoms with Gasteiger partial charge in [-0.15, -0.1) is 0 Å². The summed E-state index contributed by atoms with van der Waals surface area (Å²) in [5, 5.41) is 7.22. The molecule has 0 radical (unpaired) electrons. The molecule has 0 fully saturated rings. The SMILES string of the molecule is COc1ccc(CNC(=S)NC[C@@H](c2ccccc2OC)[NH+](C)C)cc1. The Morgan fingerprint density at radius 2 is 1.69 bits per heavy atom. The highest BCUT2D eigenvalue weighted by Crippen LogP contribution is 2.22. The standard InChI is InChI=1S/C20H27N3O2S/c1-23(2)18(17-7-5-6-8-19(17)25-4)14-22-20(26)21-13-15-9-11-16(24-3)12-10-15/h5-12,18H,13-14H2,1-4H3,(H2,21,22,26)/p+1/t18-/m0/s1. The van der Waals surface area contributed by atoms with Gasteiger partial charge in [0.2, 0.25) is 0 Å². The first-order chi connectivity index (χ1) is 12.5. The number of rotatable bonds is 8. The quantitative estimate of drug-likeness (QED) is 0.612. The monoisotopic (exact) mass is 374 g/mol. The zero-order valence-electron chi connectivity index (χ0n) is 15.8. The fourth-order valence-corrected chi connectivity index (χ4v) is 2.92. The maximum Gasteiger partial charge on any atom is 0.166 e. The molecule has 0 saturated carbocycles. The predicted octanol–water partition coefficient (Wildman–Crippen LogP) is 1.55. The number of thiocarbonyl (C=S) groups is 1. The van der Waals surface area contributed by atoms with Gasteiger partial charge in [0.15, 0.2) is 5.11 Å². The van der Waals surface area contributed by atoms with Gasteiger partial charge in [0.1, 0.15) is 17.5 Å². The summed E-state index contributed by atoms with van der Waals surface area (Å²) in [5.41, 5.74) is 2.31. The van der Waals surface area contributed by atoms with Gasteiger partial charge in [-0.3, -0.25) is 0 Å². The number of benzene rings is 2. The van der Waals surface area contributed by atoms with Crippen molar-refractivity contribution in [3.63, 3.8) is 0 Å². The van der Waals surface area contributed by atoms with Gasteiger partial charge in [0.25, 0.3) is 0 Å². The van der Waals surface area contributed by atoms with Gasteiger partial charge >= 0.3 is 0 Å². The minimum Gasteiger partial charge on any atom is -0.497 e. The Morgan fingerprint density at radius 3 is 2.31 bits per heavy atom. The van der Waals surface area contributed by atoms with E-state index in [2.05, 4.69) is 30.8 Å². The number of likely N-dealkylation sites (N-methyl/N-ethyl adjacent to an activating group) is 1. The number of quaternary nitrogens is 1. The molecule has 0 aliphatic carbocycles. The Kier molecular flexibility index (Phi) is 7.69. The first-order valence-electron chi connectivity index (χ1n) is 8.62. The number of methoxy groups -OCH3 is 2. The smallest absolute Gasteiger partial charge is 0.166 e. The Balaban J connectivity index is 1.90. The van der Waals surface area contributed by atoms with E-state index in [1.165, 1.54) is 10.5 Å². The zero-order valence-corrected chi connectivity index (χ0v) is 16.7. The fourth-order valence-electron chi connectivity index (χ4n) is 2.76. The van der Waals surface area contributed by atoms with Gasteiger partial charge < -0.3 is 25.0 Å². The molecule has 1 atom stereocenters. The van der Waals surface area contributed by atoms with Gasteiger partial charge in [0.05, 0.1) is 40.4 Å². The Morgan fingerprint density at radius 1 is 1.00 bits per heavy atom. The summed E-state index contributed by atoms with van der Waals surface area (Å²) in [4.78, 5) is 1.31. The number of hydrogen-bond acceptors (Lipinski definition) is 3. The molecule has 0 bridgehead atoms. The minimum atomic E-state index is 0.229. The Hall–Kier alpha value is -2.31. The minimum absolute atomic E-state index is 0.229. The maximum absolute atomic E-state index is 5.51. The molecule has 0 aromatic heterocycles. The van der Waals surface area contributed by atoms with E-state index in [9.17, 15) is 0 Å². The van der Waals surface area contributed by atoms with E-state index in [1.54, 1.807) is 14.2 Å². The maximum atomic E-state index is 5.51. The van der Waals surface area contributed by atoms with Crippen LogP contribution in [0, 0.1) is 0 Å². The van der Waals surface area contributed by atoms with Crippen molar-refractivity contribution >= 4 is 17.3 Å². The van der Waals surface area contributed by atoms with E-state index in [0.717, 1.165) is 23.6 Å². The molecule has 0 aliphatic heterocycles. The van der Waals surface area contributed by atoms with Crippen molar-refractivity contribution in [1.29, 1.82) is 0 Å². The molecule has 5 nitrogen and oxygen atoms in total. The number of nitrogens with one attached hydrogen (secondary N) is 3. The lowest BCUT2D eigenvalue weighted by Crippen LogP contribution is -3.07. The van der Waals surface area contributed by atoms with E-state index in [1.807, 2.05) is 42.5 Å². The summed E-state index contributed by atoms with van der Waals surface area (Å²) in [6.07, 6.45) is 0. The van der Waals surface area contributed by atoms with Crippen molar-refractivity contribution in [1.82, 2.24) is 10.6 Å². The lowest BCUT2D eigenvalue weighted by atomic mass is 10.0. The van der Waals surface area contributed by atoms with Crippen LogP contribution < -0.4 is 25.0 Å². The van der Waals surface area contributed by atoms with Crippen LogP contribution in [-0.4, -0.2) is 40.0 Å². The van der Waals surface area contributed by atoms with Crippen molar-refractivity contribution in [3.8, 4) is 11.5 Å². The van der Waals surface area contributed by atoms with Crippen LogP contribution in [0.4, 0.5) is 0 Å². The summed E-state index contributed by atoms with van der Waals surface area (Å²) in [6, 6.07) is 16.3. The average Bonchev–Trinajstić information content (AvgIpc) is 2.67. The molecule has 0 spiro atoms. The summed E-state index contributed by atoms with van der Waals surface area (Å²) < 4.78 is 10.7. The second-order valence-electron chi connectivity index (χ2n) is 6.28. The van der Waals surface area contributed by atoms with Gasteiger partial charge in [-0.1, -0.05) is 24.3 Å². The van der Waals surface area contributed by atoms with Crippen molar-refractivity contribution in [2.24, 2.45) is 0 Å². The molecular formula is C20H28N3O2S+. The van der Waals surface area contributed by atoms with Crippen LogP contribution in [0.1, 0.15) is 17.2 Å². The third kappa shape index (κ3) is 5.61. The fraction of sp³-hybridized carbons (Fsp3) is 0.350. The first kappa shape index (κ1) is 20.0. The van der Waals surface area contributed by atoms with E-state index in [4.69, 9.17) is 21.7 Å². The molecule has 6 heteroatoms. The molecule has 0 amide bonds. The van der Waals surface area contributed by atoms with Gasteiger partial charge in [-0.05, 0) is 42.0 Å². The van der Waals surface area contributed by atoms with Crippen molar-refractivity contribution in [2.45, 2.75) is 12.6 Å². The molecule has 2 aromatic rings. The van der Waals surface area contributed by atoms with Crippen LogP contribution in [0.2, 0.25) is 0 Å². The second-order valence-corrected chi connectivity index (χ2v) is 6.69. The van der Waals surface area contributed by atoms with E-state index >= 15 is 0 Å². The first-order valence-corrected chi connectivity index (χ1v) is 9.03. The number of hydrogen-bond donors (Lipinski definition) is 3. The summed E-state index contributed by atoms with van der Waals surface area (Å²) in [5.74, 6) is 1.75. The molecule has 140 valence electrons. The normalized spacial score (nSPS) is 11.7. The van der Waals surface area contributed by atoms with Gasteiger partial charge in [0, 0.05) is 6.54 Å². The number of ether oxygens (including phenoxy) is 2. The van der Waals surface area contributed by atoms with Crippen LogP contribution >= 0.6 is 12.2 Å². The molecule has 2 aromatic carbocycles. The molecular weight excluding hydrogens is 346 g/mol. The summed E-state index contributed by atoms with van der Waals surface area (Å²) in [6.45, 7) is 1.39. The topological polar surface area (TPSA) is 47.0 Å². The number of para-hydroxylation sites is 1. The van der Waals surface area contributed by atoms with Crippen LogP contribution in [0.5, 0.6) is 11.5 Å². The molecule has 3 N–H and O–H groups in total. The molecule has 26 heavy (non-hydrogen) atoms. The average molecular weight is 375 g/mol. The highest BCUT2D eigenvalue weighted by molar-refractivity contribution is 7.80.